The van der Waals surface area contributed by atoms with E-state index in [9.17, 15) is 0 Å². The fourth-order valence-electron chi connectivity index (χ4n) is 2.45. The van der Waals surface area contributed by atoms with E-state index in [-0.39, 0.29) is 6.10 Å². The molecule has 1 aromatic rings. The average molecular weight is 244 g/mol. The van der Waals surface area contributed by atoms with Crippen molar-refractivity contribution in [3.8, 4) is 11.8 Å². The second-order valence-corrected chi connectivity index (χ2v) is 5.10. The van der Waals surface area contributed by atoms with E-state index in [0.717, 1.165) is 18.8 Å². The van der Waals surface area contributed by atoms with Gasteiger partial charge in [-0.15, -0.1) is 0 Å². The van der Waals surface area contributed by atoms with E-state index in [4.69, 9.17) is 10.00 Å². The topological polar surface area (TPSA) is 36.3 Å². The zero-order valence-corrected chi connectivity index (χ0v) is 11.1. The maximum atomic E-state index is 8.86. The van der Waals surface area contributed by atoms with Crippen LogP contribution in [0.15, 0.2) is 24.3 Å². The van der Waals surface area contributed by atoms with Gasteiger partial charge in [-0.1, -0.05) is 6.07 Å². The molecule has 3 heteroatoms. The fourth-order valence-corrected chi connectivity index (χ4v) is 2.45. The predicted molar refractivity (Wildman–Crippen MR) is 71.5 cm³/mol. The standard InChI is InChI=1S/C15H20N2O/c1-12(14-6-8-17(2)9-7-14)18-15-5-3-4-13(10-15)11-16/h3-5,10,12,14H,6-9H2,1-2H3. The average Bonchev–Trinajstić information content (AvgIpc) is 2.39. The maximum Gasteiger partial charge on any atom is 0.121 e. The number of likely N-dealkylation sites (tertiary alicyclic amines) is 1. The first-order valence-electron chi connectivity index (χ1n) is 6.54. The van der Waals surface area contributed by atoms with Crippen LogP contribution in [-0.2, 0) is 0 Å². The summed E-state index contributed by atoms with van der Waals surface area (Å²) in [5.74, 6) is 1.42. The lowest BCUT2D eigenvalue weighted by Crippen LogP contribution is -2.36. The Bertz CT molecular complexity index is 430. The van der Waals surface area contributed by atoms with Crippen molar-refractivity contribution in [3.05, 3.63) is 29.8 Å². The van der Waals surface area contributed by atoms with Gasteiger partial charge in [0, 0.05) is 0 Å². The Balaban J connectivity index is 1.94. The van der Waals surface area contributed by atoms with Gasteiger partial charge >= 0.3 is 0 Å². The second kappa shape index (κ2) is 5.88. The Morgan fingerprint density at radius 2 is 2.11 bits per heavy atom. The molecule has 1 fully saturated rings. The molecule has 1 saturated heterocycles. The van der Waals surface area contributed by atoms with Crippen molar-refractivity contribution in [3.63, 3.8) is 0 Å². The van der Waals surface area contributed by atoms with E-state index in [2.05, 4.69) is 24.9 Å². The largest absolute Gasteiger partial charge is 0.490 e. The van der Waals surface area contributed by atoms with Crippen LogP contribution in [-0.4, -0.2) is 31.1 Å². The molecular weight excluding hydrogens is 224 g/mol. The highest BCUT2D eigenvalue weighted by atomic mass is 16.5. The molecule has 1 aliphatic heterocycles. The number of ether oxygens (including phenoxy) is 1. The number of nitriles is 1. The highest BCUT2D eigenvalue weighted by molar-refractivity contribution is 5.36. The molecule has 0 saturated carbocycles. The van der Waals surface area contributed by atoms with E-state index in [0.29, 0.717) is 11.5 Å². The summed E-state index contributed by atoms with van der Waals surface area (Å²) in [6.45, 7) is 4.43. The summed E-state index contributed by atoms with van der Waals surface area (Å²) in [4.78, 5) is 2.36. The van der Waals surface area contributed by atoms with Crippen LogP contribution < -0.4 is 4.74 Å². The van der Waals surface area contributed by atoms with Gasteiger partial charge in [0.15, 0.2) is 0 Å². The molecule has 1 heterocycles. The third kappa shape index (κ3) is 3.24. The minimum absolute atomic E-state index is 0.215. The van der Waals surface area contributed by atoms with Gasteiger partial charge in [-0.2, -0.15) is 5.26 Å². The summed E-state index contributed by atoms with van der Waals surface area (Å²) < 4.78 is 5.96. The minimum Gasteiger partial charge on any atom is -0.490 e. The zero-order chi connectivity index (χ0) is 13.0. The lowest BCUT2D eigenvalue weighted by molar-refractivity contribution is 0.0977. The zero-order valence-electron chi connectivity index (χ0n) is 11.1. The Hall–Kier alpha value is -1.53. The van der Waals surface area contributed by atoms with Gasteiger partial charge in [0.25, 0.3) is 0 Å². The monoisotopic (exact) mass is 244 g/mol. The highest BCUT2D eigenvalue weighted by Gasteiger charge is 2.23. The maximum absolute atomic E-state index is 8.86. The van der Waals surface area contributed by atoms with Crippen LogP contribution in [0.4, 0.5) is 0 Å². The molecule has 0 spiro atoms. The third-order valence-corrected chi connectivity index (χ3v) is 3.71. The van der Waals surface area contributed by atoms with E-state index < -0.39 is 0 Å². The number of piperidine rings is 1. The van der Waals surface area contributed by atoms with Crippen molar-refractivity contribution in [1.29, 1.82) is 5.26 Å². The first kappa shape index (κ1) is 12.9. The van der Waals surface area contributed by atoms with Gasteiger partial charge in [-0.3, -0.25) is 0 Å². The van der Waals surface area contributed by atoms with E-state index in [1.807, 2.05) is 18.2 Å². The van der Waals surface area contributed by atoms with Crippen LogP contribution in [0.3, 0.4) is 0 Å². The summed E-state index contributed by atoms with van der Waals surface area (Å²) in [7, 11) is 2.16. The van der Waals surface area contributed by atoms with Crippen molar-refractivity contribution in [2.24, 2.45) is 5.92 Å². The van der Waals surface area contributed by atoms with Crippen LogP contribution >= 0.6 is 0 Å². The van der Waals surface area contributed by atoms with Crippen LogP contribution in [0.25, 0.3) is 0 Å². The van der Waals surface area contributed by atoms with Crippen molar-refractivity contribution in [1.82, 2.24) is 4.90 Å². The number of hydrogen-bond donors (Lipinski definition) is 0. The Labute approximate surface area is 109 Å². The number of rotatable bonds is 3. The molecule has 1 aliphatic rings. The highest BCUT2D eigenvalue weighted by Crippen LogP contribution is 2.24. The molecular formula is C15H20N2O. The first-order valence-corrected chi connectivity index (χ1v) is 6.54. The molecule has 1 aromatic carbocycles. The molecule has 0 bridgehead atoms. The predicted octanol–water partition coefficient (Wildman–Crippen LogP) is 2.67. The molecule has 18 heavy (non-hydrogen) atoms. The first-order chi connectivity index (χ1) is 8.69. The quantitative estimate of drug-likeness (QED) is 0.820. The van der Waals surface area contributed by atoms with Crippen LogP contribution in [0.5, 0.6) is 5.75 Å². The molecule has 2 rings (SSSR count). The van der Waals surface area contributed by atoms with Crippen molar-refractivity contribution in [2.45, 2.75) is 25.9 Å². The van der Waals surface area contributed by atoms with E-state index >= 15 is 0 Å². The number of nitrogens with zero attached hydrogens (tertiary/aromatic N) is 2. The normalized spacial score (nSPS) is 19.2. The van der Waals surface area contributed by atoms with Gasteiger partial charge < -0.3 is 9.64 Å². The van der Waals surface area contributed by atoms with Crippen LogP contribution in [0, 0.1) is 17.2 Å². The number of hydrogen-bond acceptors (Lipinski definition) is 3. The number of benzene rings is 1. The summed E-state index contributed by atoms with van der Waals surface area (Å²) in [5, 5.41) is 8.86. The summed E-state index contributed by atoms with van der Waals surface area (Å²) >= 11 is 0. The Kier molecular flexibility index (Phi) is 4.22. The van der Waals surface area contributed by atoms with Gasteiger partial charge in [0.2, 0.25) is 0 Å². The van der Waals surface area contributed by atoms with Gasteiger partial charge in [-0.05, 0) is 64.0 Å². The van der Waals surface area contributed by atoms with Crippen LogP contribution in [0.2, 0.25) is 0 Å². The van der Waals surface area contributed by atoms with Crippen molar-refractivity contribution in [2.75, 3.05) is 20.1 Å². The minimum atomic E-state index is 0.215. The fraction of sp³-hybridized carbons (Fsp3) is 0.533. The summed E-state index contributed by atoms with van der Waals surface area (Å²) in [6, 6.07) is 9.54. The van der Waals surface area contributed by atoms with Gasteiger partial charge in [0.1, 0.15) is 5.75 Å². The second-order valence-electron chi connectivity index (χ2n) is 5.10. The van der Waals surface area contributed by atoms with Crippen molar-refractivity contribution >= 4 is 0 Å². The molecule has 1 atom stereocenters. The molecule has 0 radical (unpaired) electrons. The smallest absolute Gasteiger partial charge is 0.121 e. The lowest BCUT2D eigenvalue weighted by atomic mass is 9.92. The lowest BCUT2D eigenvalue weighted by Gasteiger charge is -2.32. The third-order valence-electron chi connectivity index (χ3n) is 3.71. The van der Waals surface area contributed by atoms with Crippen molar-refractivity contribution < 1.29 is 4.74 Å². The molecule has 3 nitrogen and oxygen atoms in total. The molecule has 0 aliphatic carbocycles. The van der Waals surface area contributed by atoms with Gasteiger partial charge in [-0.25, -0.2) is 0 Å². The molecule has 0 aromatic heterocycles. The molecule has 1 unspecified atom stereocenters. The van der Waals surface area contributed by atoms with Crippen LogP contribution in [0.1, 0.15) is 25.3 Å². The van der Waals surface area contributed by atoms with E-state index in [1.54, 1.807) is 6.07 Å². The molecule has 0 amide bonds. The Morgan fingerprint density at radius 1 is 1.39 bits per heavy atom. The Morgan fingerprint density at radius 3 is 2.78 bits per heavy atom. The summed E-state index contributed by atoms with van der Waals surface area (Å²) in [5.41, 5.74) is 0.656. The molecule has 96 valence electrons. The SMILES string of the molecule is CC(Oc1cccc(C#N)c1)C1CCN(C)CC1. The molecule has 0 N–H and O–H groups in total. The van der Waals surface area contributed by atoms with Gasteiger partial charge in [0.05, 0.1) is 17.7 Å². The summed E-state index contributed by atoms with van der Waals surface area (Å²) in [6.07, 6.45) is 2.60. The van der Waals surface area contributed by atoms with E-state index in [1.165, 1.54) is 12.8 Å².